The monoisotopic (exact) mass is 418 g/mol. The van der Waals surface area contributed by atoms with E-state index in [1.807, 2.05) is 0 Å². The van der Waals surface area contributed by atoms with Crippen molar-refractivity contribution in [1.82, 2.24) is 4.57 Å². The molecule has 2 aromatic rings. The zero-order valence-electron chi connectivity index (χ0n) is 15.6. The highest BCUT2D eigenvalue weighted by molar-refractivity contribution is 7.71. The number of furan rings is 1. The first-order valence-corrected chi connectivity index (χ1v) is 9.95. The number of rotatable bonds is 3. The van der Waals surface area contributed by atoms with Gasteiger partial charge in [-0.15, -0.1) is 0 Å². The van der Waals surface area contributed by atoms with E-state index in [1.54, 1.807) is 16.7 Å². The Balaban J connectivity index is 1.96. The number of ether oxygens (including phenoxy) is 1. The number of aliphatic hydroxyl groups excluding tert-OH is 4. The van der Waals surface area contributed by atoms with Crippen LogP contribution in [0.25, 0.3) is 11.3 Å². The smallest absolute Gasteiger partial charge is 0.164 e. The van der Waals surface area contributed by atoms with E-state index < -0.39 is 37.3 Å². The molecule has 4 rings (SSSR count). The maximum Gasteiger partial charge on any atom is 0.164 e. The van der Waals surface area contributed by atoms with Crippen LogP contribution in [-0.4, -0.2) is 56.0 Å². The molecule has 0 amide bonds. The molecule has 1 aliphatic heterocycles. The van der Waals surface area contributed by atoms with Gasteiger partial charge < -0.3 is 34.1 Å². The molecule has 0 bridgehead atoms. The number of pyridine rings is 1. The minimum absolute atomic E-state index is 0.156. The predicted octanol–water partition coefficient (Wildman–Crippen LogP) is 1.20. The molecule has 1 fully saturated rings. The van der Waals surface area contributed by atoms with Gasteiger partial charge in [-0.05, 0) is 43.4 Å². The van der Waals surface area contributed by atoms with E-state index in [4.69, 9.17) is 21.4 Å². The summed E-state index contributed by atoms with van der Waals surface area (Å²) in [6, 6.07) is 5.68. The Labute approximate surface area is 172 Å². The average molecular weight is 418 g/mol. The van der Waals surface area contributed by atoms with Crippen molar-refractivity contribution in [2.75, 3.05) is 6.61 Å². The molecule has 0 radical (unpaired) electrons. The SMILES string of the molecule is N#Cc1c(-c2ccco2)c2c(n(C3OC(CO)C(O)C(O)C3O)c1=S)CCCC2. The number of nitrogens with zero attached hydrogens (tertiary/aromatic N) is 2. The number of fused-ring (bicyclic) bond motifs is 1. The highest BCUT2D eigenvalue weighted by Crippen LogP contribution is 2.39. The minimum atomic E-state index is -1.53. The van der Waals surface area contributed by atoms with Crippen LogP contribution in [0.3, 0.4) is 0 Å². The van der Waals surface area contributed by atoms with Gasteiger partial charge in [0.15, 0.2) is 6.23 Å². The van der Waals surface area contributed by atoms with E-state index in [-0.39, 0.29) is 10.2 Å². The summed E-state index contributed by atoms with van der Waals surface area (Å²) < 4.78 is 13.0. The molecule has 4 N–H and O–H groups in total. The maximum atomic E-state index is 10.6. The summed E-state index contributed by atoms with van der Waals surface area (Å²) >= 11 is 5.62. The first-order chi connectivity index (χ1) is 14.0. The zero-order valence-corrected chi connectivity index (χ0v) is 16.4. The minimum Gasteiger partial charge on any atom is -0.464 e. The Bertz CT molecular complexity index is 994. The quantitative estimate of drug-likeness (QED) is 0.547. The number of hydrogen-bond donors (Lipinski definition) is 4. The molecular formula is C20H22N2O6S. The van der Waals surface area contributed by atoms with Crippen molar-refractivity contribution < 1.29 is 29.6 Å². The van der Waals surface area contributed by atoms with Crippen LogP contribution in [0.2, 0.25) is 0 Å². The van der Waals surface area contributed by atoms with Crippen LogP contribution < -0.4 is 0 Å². The fraction of sp³-hybridized carbons (Fsp3) is 0.500. The van der Waals surface area contributed by atoms with Gasteiger partial charge in [0, 0.05) is 11.3 Å². The molecule has 5 atom stereocenters. The molecule has 8 nitrogen and oxygen atoms in total. The van der Waals surface area contributed by atoms with E-state index in [9.17, 15) is 25.7 Å². The molecule has 2 aliphatic rings. The third-order valence-corrected chi connectivity index (χ3v) is 6.12. The topological polar surface area (TPSA) is 132 Å². The number of nitriles is 1. The van der Waals surface area contributed by atoms with Gasteiger partial charge in [0.25, 0.3) is 0 Å². The van der Waals surface area contributed by atoms with Crippen LogP contribution in [0.15, 0.2) is 22.8 Å². The third-order valence-electron chi connectivity index (χ3n) is 5.71. The molecule has 1 saturated heterocycles. The Hall–Kier alpha value is -2.06. The van der Waals surface area contributed by atoms with Gasteiger partial charge in [0.05, 0.1) is 18.4 Å². The molecule has 9 heteroatoms. The van der Waals surface area contributed by atoms with Crippen LogP contribution in [0.1, 0.15) is 35.9 Å². The standard InChI is InChI=1S/C20H22N2O6S/c21-8-11-15(13-6-3-7-27-13)10-4-1-2-5-12(10)22(20(11)29)19-18(26)17(25)16(24)14(9-23)28-19/h3,6-7,14,16-19,23-26H,1-2,4-5,9H2. The molecule has 29 heavy (non-hydrogen) atoms. The largest absolute Gasteiger partial charge is 0.464 e. The Morgan fingerprint density at radius 2 is 1.93 bits per heavy atom. The molecule has 0 spiro atoms. The summed E-state index contributed by atoms with van der Waals surface area (Å²) in [6.07, 6.45) is -1.96. The molecule has 0 saturated carbocycles. The lowest BCUT2D eigenvalue weighted by molar-refractivity contribution is -0.252. The molecule has 5 unspecified atom stereocenters. The summed E-state index contributed by atoms with van der Waals surface area (Å²) in [5.41, 5.74) is 2.58. The summed E-state index contributed by atoms with van der Waals surface area (Å²) in [7, 11) is 0. The van der Waals surface area contributed by atoms with E-state index >= 15 is 0 Å². The van der Waals surface area contributed by atoms with Gasteiger partial charge >= 0.3 is 0 Å². The van der Waals surface area contributed by atoms with Crippen molar-refractivity contribution in [3.63, 3.8) is 0 Å². The van der Waals surface area contributed by atoms with E-state index in [2.05, 4.69) is 6.07 Å². The Kier molecular flexibility index (Phi) is 5.57. The molecule has 1 aliphatic carbocycles. The second-order valence-corrected chi connectivity index (χ2v) is 7.75. The Morgan fingerprint density at radius 3 is 2.59 bits per heavy atom. The first-order valence-electron chi connectivity index (χ1n) is 9.54. The van der Waals surface area contributed by atoms with Crippen molar-refractivity contribution in [3.05, 3.63) is 39.9 Å². The lowest BCUT2D eigenvalue weighted by atomic mass is 9.88. The number of aromatic nitrogens is 1. The summed E-state index contributed by atoms with van der Waals surface area (Å²) in [4.78, 5) is 0. The molecule has 2 aromatic heterocycles. The van der Waals surface area contributed by atoms with Gasteiger partial charge in [-0.3, -0.25) is 0 Å². The average Bonchev–Trinajstić information content (AvgIpc) is 3.26. The van der Waals surface area contributed by atoms with Crippen molar-refractivity contribution in [2.45, 2.75) is 56.3 Å². The third kappa shape index (κ3) is 3.22. The highest BCUT2D eigenvalue weighted by Gasteiger charge is 2.45. The number of aliphatic hydroxyl groups is 4. The molecule has 154 valence electrons. The molecular weight excluding hydrogens is 396 g/mol. The number of hydrogen-bond acceptors (Lipinski definition) is 8. The fourth-order valence-electron chi connectivity index (χ4n) is 4.29. The van der Waals surface area contributed by atoms with Crippen molar-refractivity contribution >= 4 is 12.2 Å². The summed E-state index contributed by atoms with van der Waals surface area (Å²) in [5.74, 6) is 0.548. The van der Waals surface area contributed by atoms with Gasteiger partial charge in [0.2, 0.25) is 0 Å². The van der Waals surface area contributed by atoms with Crippen molar-refractivity contribution in [1.29, 1.82) is 5.26 Å². The maximum absolute atomic E-state index is 10.6. The predicted molar refractivity (Wildman–Crippen MR) is 103 cm³/mol. The molecule has 3 heterocycles. The Morgan fingerprint density at radius 1 is 1.17 bits per heavy atom. The second kappa shape index (κ2) is 7.99. The van der Waals surface area contributed by atoms with Gasteiger partial charge in [-0.25, -0.2) is 0 Å². The van der Waals surface area contributed by atoms with Gasteiger partial charge in [-0.1, -0.05) is 12.2 Å². The van der Waals surface area contributed by atoms with Crippen LogP contribution in [0, 0.1) is 16.0 Å². The summed E-state index contributed by atoms with van der Waals surface area (Å²) in [6.45, 7) is -0.535. The van der Waals surface area contributed by atoms with Gasteiger partial charge in [-0.2, -0.15) is 5.26 Å². The molecule has 0 aromatic carbocycles. The summed E-state index contributed by atoms with van der Waals surface area (Å²) in [5, 5.41) is 50.4. The van der Waals surface area contributed by atoms with Crippen LogP contribution >= 0.6 is 12.2 Å². The van der Waals surface area contributed by atoms with Crippen LogP contribution in [-0.2, 0) is 17.6 Å². The van der Waals surface area contributed by atoms with Crippen molar-refractivity contribution in [3.8, 4) is 17.4 Å². The normalized spacial score (nSPS) is 29.3. The van der Waals surface area contributed by atoms with Crippen LogP contribution in [0.5, 0.6) is 0 Å². The first kappa shape index (κ1) is 20.2. The van der Waals surface area contributed by atoms with E-state index in [1.165, 1.54) is 6.26 Å². The second-order valence-electron chi connectivity index (χ2n) is 7.37. The lowest BCUT2D eigenvalue weighted by Gasteiger charge is -2.42. The fourth-order valence-corrected chi connectivity index (χ4v) is 4.65. The van der Waals surface area contributed by atoms with Gasteiger partial charge in [0.1, 0.15) is 40.9 Å². The zero-order chi connectivity index (χ0) is 20.7. The van der Waals surface area contributed by atoms with Crippen LogP contribution in [0.4, 0.5) is 0 Å². The highest BCUT2D eigenvalue weighted by atomic mass is 32.1. The lowest BCUT2D eigenvalue weighted by Crippen LogP contribution is -2.57. The van der Waals surface area contributed by atoms with E-state index in [0.717, 1.165) is 24.1 Å². The van der Waals surface area contributed by atoms with Crippen molar-refractivity contribution in [2.24, 2.45) is 0 Å². The van der Waals surface area contributed by atoms with E-state index in [0.29, 0.717) is 24.2 Å².